The van der Waals surface area contributed by atoms with E-state index in [-0.39, 0.29) is 5.75 Å². The maximum absolute atomic E-state index is 13.4. The molecule has 0 spiro atoms. The third-order valence-corrected chi connectivity index (χ3v) is 2.25. The van der Waals surface area contributed by atoms with Gasteiger partial charge >= 0.3 is 6.09 Å². The molecule has 0 saturated carbocycles. The standard InChI is InChI=1S/C15H20FNO3/c1-15(2,3)20-14(18)17-9-5-6-11-7-8-13(19-4)12(16)10-11/h5-8,10H,9H2,1-4H3,(H,17,18). The van der Waals surface area contributed by atoms with Gasteiger partial charge in [0.05, 0.1) is 7.11 Å². The van der Waals surface area contributed by atoms with E-state index in [1.54, 1.807) is 45.1 Å². The lowest BCUT2D eigenvalue weighted by Crippen LogP contribution is -2.32. The van der Waals surface area contributed by atoms with Crippen LogP contribution < -0.4 is 10.1 Å². The van der Waals surface area contributed by atoms with Crippen LogP contribution in [0.25, 0.3) is 6.08 Å². The van der Waals surface area contributed by atoms with Crippen LogP contribution in [0.4, 0.5) is 9.18 Å². The number of ether oxygens (including phenoxy) is 2. The van der Waals surface area contributed by atoms with Gasteiger partial charge in [-0.1, -0.05) is 18.2 Å². The second-order valence-corrected chi connectivity index (χ2v) is 5.18. The van der Waals surface area contributed by atoms with Gasteiger partial charge in [-0.3, -0.25) is 0 Å². The Bertz CT molecular complexity index is 492. The maximum atomic E-state index is 13.4. The van der Waals surface area contributed by atoms with Gasteiger partial charge < -0.3 is 14.8 Å². The topological polar surface area (TPSA) is 47.6 Å². The number of rotatable bonds is 4. The van der Waals surface area contributed by atoms with E-state index in [0.717, 1.165) is 0 Å². The van der Waals surface area contributed by atoms with Gasteiger partial charge in [0.2, 0.25) is 0 Å². The molecule has 1 aromatic rings. The summed E-state index contributed by atoms with van der Waals surface area (Å²) in [5.41, 5.74) is 0.168. The first-order valence-electron chi connectivity index (χ1n) is 6.29. The molecule has 0 atom stereocenters. The molecular weight excluding hydrogens is 261 g/mol. The quantitative estimate of drug-likeness (QED) is 0.920. The van der Waals surface area contributed by atoms with Gasteiger partial charge in [-0.2, -0.15) is 0 Å². The van der Waals surface area contributed by atoms with Crippen LogP contribution in [0, 0.1) is 5.82 Å². The number of alkyl carbamates (subject to hydrolysis) is 1. The third-order valence-electron chi connectivity index (χ3n) is 2.25. The number of methoxy groups -OCH3 is 1. The van der Waals surface area contributed by atoms with Gasteiger partial charge in [0.15, 0.2) is 11.6 Å². The molecule has 0 aliphatic carbocycles. The van der Waals surface area contributed by atoms with Crippen molar-refractivity contribution in [2.45, 2.75) is 26.4 Å². The summed E-state index contributed by atoms with van der Waals surface area (Å²) in [5.74, 6) is -0.219. The first kappa shape index (κ1) is 16.0. The SMILES string of the molecule is COc1ccc(C=CCNC(=O)OC(C)(C)C)cc1F. The smallest absolute Gasteiger partial charge is 0.407 e. The van der Waals surface area contributed by atoms with Gasteiger partial charge in [0, 0.05) is 6.54 Å². The van der Waals surface area contributed by atoms with Crippen LogP contribution >= 0.6 is 0 Å². The molecule has 5 heteroatoms. The predicted octanol–water partition coefficient (Wildman–Crippen LogP) is 3.37. The fourth-order valence-corrected chi connectivity index (χ4v) is 1.44. The lowest BCUT2D eigenvalue weighted by Gasteiger charge is -2.19. The minimum absolute atomic E-state index is 0.203. The molecule has 20 heavy (non-hydrogen) atoms. The van der Waals surface area contributed by atoms with Crippen molar-refractivity contribution in [3.05, 3.63) is 35.7 Å². The molecule has 0 saturated heterocycles. The summed E-state index contributed by atoms with van der Waals surface area (Å²) >= 11 is 0. The number of amides is 1. The Kier molecular flexibility index (Phi) is 5.55. The van der Waals surface area contributed by atoms with Gasteiger partial charge in [0.1, 0.15) is 5.60 Å². The predicted molar refractivity (Wildman–Crippen MR) is 76.2 cm³/mol. The van der Waals surface area contributed by atoms with E-state index in [1.165, 1.54) is 13.2 Å². The molecule has 0 heterocycles. The summed E-state index contributed by atoms with van der Waals surface area (Å²) in [4.78, 5) is 11.4. The molecule has 1 aromatic carbocycles. The van der Waals surface area contributed by atoms with Crippen molar-refractivity contribution in [2.24, 2.45) is 0 Å². The van der Waals surface area contributed by atoms with E-state index in [2.05, 4.69) is 5.32 Å². The summed E-state index contributed by atoms with van der Waals surface area (Å²) in [6.45, 7) is 5.69. The molecule has 4 nitrogen and oxygen atoms in total. The first-order chi connectivity index (χ1) is 9.31. The molecule has 1 rings (SSSR count). The summed E-state index contributed by atoms with van der Waals surface area (Å²) in [6.07, 6.45) is 2.94. The number of carbonyl (C=O) groups is 1. The lowest BCUT2D eigenvalue weighted by molar-refractivity contribution is 0.0534. The van der Waals surface area contributed by atoms with Gasteiger partial charge in [-0.25, -0.2) is 9.18 Å². The second-order valence-electron chi connectivity index (χ2n) is 5.18. The van der Waals surface area contributed by atoms with Crippen LogP contribution in [0.2, 0.25) is 0 Å². The fraction of sp³-hybridized carbons (Fsp3) is 0.400. The zero-order chi connectivity index (χ0) is 15.2. The van der Waals surface area contributed by atoms with Crippen LogP contribution in [0.1, 0.15) is 26.3 Å². The Morgan fingerprint density at radius 1 is 1.40 bits per heavy atom. The monoisotopic (exact) mass is 281 g/mol. The van der Waals surface area contributed by atoms with Crippen molar-refractivity contribution in [1.82, 2.24) is 5.32 Å². The highest BCUT2D eigenvalue weighted by Gasteiger charge is 2.14. The number of benzene rings is 1. The molecule has 0 aliphatic heterocycles. The average molecular weight is 281 g/mol. The summed E-state index contributed by atoms with van der Waals surface area (Å²) in [5, 5.41) is 2.58. The van der Waals surface area contributed by atoms with Crippen molar-refractivity contribution in [3.8, 4) is 5.75 Å². The Morgan fingerprint density at radius 2 is 2.10 bits per heavy atom. The Labute approximate surface area is 118 Å². The number of hydrogen-bond acceptors (Lipinski definition) is 3. The highest BCUT2D eigenvalue weighted by Crippen LogP contribution is 2.18. The summed E-state index contributed by atoms with van der Waals surface area (Å²) in [7, 11) is 1.42. The van der Waals surface area contributed by atoms with Crippen molar-refractivity contribution in [1.29, 1.82) is 0 Å². The third kappa shape index (κ3) is 5.73. The number of carbonyl (C=O) groups excluding carboxylic acids is 1. The molecule has 1 N–H and O–H groups in total. The zero-order valence-corrected chi connectivity index (χ0v) is 12.2. The number of nitrogens with one attached hydrogen (secondary N) is 1. The lowest BCUT2D eigenvalue weighted by atomic mass is 10.2. The second kappa shape index (κ2) is 6.93. The normalized spacial score (nSPS) is 11.4. The molecule has 1 amide bonds. The fourth-order valence-electron chi connectivity index (χ4n) is 1.44. The minimum Gasteiger partial charge on any atom is -0.494 e. The van der Waals surface area contributed by atoms with E-state index in [1.807, 2.05) is 0 Å². The summed E-state index contributed by atoms with van der Waals surface area (Å²) in [6, 6.07) is 4.64. The summed E-state index contributed by atoms with van der Waals surface area (Å²) < 4.78 is 23.3. The largest absolute Gasteiger partial charge is 0.494 e. The van der Waals surface area contributed by atoms with Crippen molar-refractivity contribution in [3.63, 3.8) is 0 Å². The molecule has 0 aromatic heterocycles. The van der Waals surface area contributed by atoms with Crippen LogP contribution in [-0.4, -0.2) is 25.3 Å². The highest BCUT2D eigenvalue weighted by atomic mass is 19.1. The van der Waals surface area contributed by atoms with Crippen molar-refractivity contribution < 1.29 is 18.7 Å². The van der Waals surface area contributed by atoms with Crippen LogP contribution in [0.15, 0.2) is 24.3 Å². The van der Waals surface area contributed by atoms with Crippen LogP contribution in [-0.2, 0) is 4.74 Å². The van der Waals surface area contributed by atoms with Gasteiger partial charge in [-0.15, -0.1) is 0 Å². The zero-order valence-electron chi connectivity index (χ0n) is 12.2. The van der Waals surface area contributed by atoms with Gasteiger partial charge in [-0.05, 0) is 38.5 Å². The average Bonchev–Trinajstić information content (AvgIpc) is 2.33. The van der Waals surface area contributed by atoms with Crippen LogP contribution in [0.5, 0.6) is 5.75 Å². The Hall–Kier alpha value is -2.04. The van der Waals surface area contributed by atoms with E-state index in [0.29, 0.717) is 12.1 Å². The van der Waals surface area contributed by atoms with E-state index in [4.69, 9.17) is 9.47 Å². The maximum Gasteiger partial charge on any atom is 0.407 e. The van der Waals surface area contributed by atoms with E-state index < -0.39 is 17.5 Å². The molecular formula is C15H20FNO3. The molecule has 0 fully saturated rings. The van der Waals surface area contributed by atoms with Crippen molar-refractivity contribution in [2.75, 3.05) is 13.7 Å². The van der Waals surface area contributed by atoms with Gasteiger partial charge in [0.25, 0.3) is 0 Å². The first-order valence-corrected chi connectivity index (χ1v) is 6.29. The number of hydrogen-bond donors (Lipinski definition) is 1. The molecule has 0 aliphatic rings. The highest BCUT2D eigenvalue weighted by molar-refractivity contribution is 5.68. The Morgan fingerprint density at radius 3 is 2.65 bits per heavy atom. The minimum atomic E-state index is -0.521. The van der Waals surface area contributed by atoms with E-state index >= 15 is 0 Å². The van der Waals surface area contributed by atoms with E-state index in [9.17, 15) is 9.18 Å². The molecule has 0 radical (unpaired) electrons. The van der Waals surface area contributed by atoms with Crippen molar-refractivity contribution >= 4 is 12.2 Å². The van der Waals surface area contributed by atoms with Crippen LogP contribution in [0.3, 0.4) is 0 Å². The molecule has 0 bridgehead atoms. The Balaban J connectivity index is 2.46. The number of halogens is 1. The molecule has 110 valence electrons. The molecule has 0 unspecified atom stereocenters.